The van der Waals surface area contributed by atoms with Crippen LogP contribution in [0, 0.1) is 6.92 Å². The van der Waals surface area contributed by atoms with E-state index < -0.39 is 11.5 Å². The van der Waals surface area contributed by atoms with Crippen molar-refractivity contribution in [2.45, 2.75) is 38.8 Å². The maximum atomic E-state index is 13.3. The Hall–Kier alpha value is -3.80. The molecule has 32 heavy (non-hydrogen) atoms. The zero-order valence-electron chi connectivity index (χ0n) is 18.3. The van der Waals surface area contributed by atoms with E-state index in [9.17, 15) is 9.59 Å². The number of aryl methyl sites for hydroxylation is 1. The molecule has 0 fully saturated rings. The van der Waals surface area contributed by atoms with Crippen LogP contribution in [0.2, 0.25) is 0 Å². The quantitative estimate of drug-likeness (QED) is 0.571. The SMILES string of the molecule is Cc1cccc(C(=O)N/C(=C\c2ccco2)C(=O)N[C@@H]2CC(C)(C)Oc3ccccc32)c1. The smallest absolute Gasteiger partial charge is 0.268 e. The van der Waals surface area contributed by atoms with Crippen molar-refractivity contribution in [1.82, 2.24) is 10.6 Å². The summed E-state index contributed by atoms with van der Waals surface area (Å²) < 4.78 is 11.4. The van der Waals surface area contributed by atoms with Gasteiger partial charge in [0.25, 0.3) is 11.8 Å². The van der Waals surface area contributed by atoms with Crippen LogP contribution in [0.5, 0.6) is 5.75 Å². The summed E-state index contributed by atoms with van der Waals surface area (Å²) >= 11 is 0. The topological polar surface area (TPSA) is 80.6 Å². The summed E-state index contributed by atoms with van der Waals surface area (Å²) in [7, 11) is 0. The number of carbonyl (C=O) groups is 2. The van der Waals surface area contributed by atoms with Gasteiger partial charge in [0.15, 0.2) is 0 Å². The molecule has 4 rings (SSSR count). The van der Waals surface area contributed by atoms with Crippen LogP contribution in [0.15, 0.2) is 77.0 Å². The van der Waals surface area contributed by atoms with Crippen LogP contribution in [-0.2, 0) is 4.79 Å². The zero-order valence-corrected chi connectivity index (χ0v) is 18.3. The number of para-hydroxylation sites is 1. The van der Waals surface area contributed by atoms with Crippen LogP contribution in [0.25, 0.3) is 6.08 Å². The molecule has 2 aromatic carbocycles. The van der Waals surface area contributed by atoms with Crippen molar-refractivity contribution < 1.29 is 18.7 Å². The molecule has 164 valence electrons. The van der Waals surface area contributed by atoms with Crippen molar-refractivity contribution in [2.75, 3.05) is 0 Å². The van der Waals surface area contributed by atoms with E-state index in [2.05, 4.69) is 10.6 Å². The van der Waals surface area contributed by atoms with Crippen molar-refractivity contribution >= 4 is 17.9 Å². The second-order valence-electron chi connectivity index (χ2n) is 8.53. The van der Waals surface area contributed by atoms with E-state index in [1.807, 2.05) is 51.1 Å². The number of nitrogens with one attached hydrogen (secondary N) is 2. The molecular formula is C26H26N2O4. The molecule has 0 aliphatic carbocycles. The minimum atomic E-state index is -0.442. The summed E-state index contributed by atoms with van der Waals surface area (Å²) in [5.41, 5.74) is 2.00. The molecule has 1 aliphatic rings. The van der Waals surface area contributed by atoms with Crippen molar-refractivity contribution in [1.29, 1.82) is 0 Å². The summed E-state index contributed by atoms with van der Waals surface area (Å²) in [5.74, 6) is 0.441. The van der Waals surface area contributed by atoms with Crippen molar-refractivity contribution in [3.8, 4) is 5.75 Å². The van der Waals surface area contributed by atoms with Crippen molar-refractivity contribution in [2.24, 2.45) is 0 Å². The Bertz CT molecular complexity index is 1160. The predicted octanol–water partition coefficient (Wildman–Crippen LogP) is 4.78. The first-order valence-electron chi connectivity index (χ1n) is 10.5. The number of rotatable bonds is 5. The fourth-order valence-electron chi connectivity index (χ4n) is 3.82. The molecule has 6 nitrogen and oxygen atoms in total. The highest BCUT2D eigenvalue weighted by Crippen LogP contribution is 2.39. The van der Waals surface area contributed by atoms with Crippen LogP contribution in [0.3, 0.4) is 0 Å². The van der Waals surface area contributed by atoms with Crippen LogP contribution < -0.4 is 15.4 Å². The van der Waals surface area contributed by atoms with Gasteiger partial charge in [0.05, 0.1) is 12.3 Å². The highest BCUT2D eigenvalue weighted by atomic mass is 16.5. The molecule has 1 aliphatic heterocycles. The number of amides is 2. The lowest BCUT2D eigenvalue weighted by atomic mass is 9.89. The van der Waals surface area contributed by atoms with Gasteiger partial charge in [-0.05, 0) is 51.1 Å². The number of hydrogen-bond acceptors (Lipinski definition) is 4. The Balaban J connectivity index is 1.61. The number of furan rings is 1. The van der Waals surface area contributed by atoms with Crippen molar-refractivity contribution in [3.05, 3.63) is 95.1 Å². The number of ether oxygens (including phenoxy) is 1. The Morgan fingerprint density at radius 1 is 1.06 bits per heavy atom. The lowest BCUT2D eigenvalue weighted by molar-refractivity contribution is -0.119. The first-order valence-corrected chi connectivity index (χ1v) is 10.5. The number of hydrogen-bond donors (Lipinski definition) is 2. The van der Waals surface area contributed by atoms with E-state index in [0.717, 1.165) is 16.9 Å². The second kappa shape index (κ2) is 8.75. The van der Waals surface area contributed by atoms with Gasteiger partial charge in [0, 0.05) is 23.6 Å². The van der Waals surface area contributed by atoms with E-state index in [4.69, 9.17) is 9.15 Å². The highest BCUT2D eigenvalue weighted by Gasteiger charge is 2.34. The lowest BCUT2D eigenvalue weighted by Gasteiger charge is -2.38. The Labute approximate surface area is 187 Å². The fraction of sp³-hybridized carbons (Fsp3) is 0.231. The largest absolute Gasteiger partial charge is 0.487 e. The summed E-state index contributed by atoms with van der Waals surface area (Å²) in [4.78, 5) is 26.2. The monoisotopic (exact) mass is 430 g/mol. The Morgan fingerprint density at radius 3 is 2.62 bits per heavy atom. The molecule has 0 unspecified atom stereocenters. The molecule has 2 N–H and O–H groups in total. The van der Waals surface area contributed by atoms with Gasteiger partial charge in [-0.3, -0.25) is 9.59 Å². The van der Waals surface area contributed by atoms with Gasteiger partial charge in [-0.1, -0.05) is 35.9 Å². The average Bonchev–Trinajstić information content (AvgIpc) is 3.25. The first kappa shape index (κ1) is 21.4. The molecular weight excluding hydrogens is 404 g/mol. The normalized spacial score (nSPS) is 17.1. The van der Waals surface area contributed by atoms with Crippen LogP contribution >= 0.6 is 0 Å². The molecule has 3 aromatic rings. The van der Waals surface area contributed by atoms with E-state index in [-0.39, 0.29) is 17.6 Å². The second-order valence-corrected chi connectivity index (χ2v) is 8.53. The Kier molecular flexibility index (Phi) is 5.86. The maximum absolute atomic E-state index is 13.3. The number of benzene rings is 2. The van der Waals surface area contributed by atoms with E-state index in [0.29, 0.717) is 17.7 Å². The highest BCUT2D eigenvalue weighted by molar-refractivity contribution is 6.05. The van der Waals surface area contributed by atoms with Crippen molar-refractivity contribution in [3.63, 3.8) is 0 Å². The molecule has 0 saturated carbocycles. The minimum Gasteiger partial charge on any atom is -0.487 e. The van der Waals surface area contributed by atoms with Crippen LogP contribution in [-0.4, -0.2) is 17.4 Å². The predicted molar refractivity (Wildman–Crippen MR) is 122 cm³/mol. The average molecular weight is 431 g/mol. The van der Waals surface area contributed by atoms with E-state index >= 15 is 0 Å². The van der Waals surface area contributed by atoms with Gasteiger partial charge in [-0.25, -0.2) is 0 Å². The maximum Gasteiger partial charge on any atom is 0.268 e. The molecule has 1 atom stereocenters. The molecule has 2 amide bonds. The van der Waals surface area contributed by atoms with Gasteiger partial charge in [0.1, 0.15) is 22.8 Å². The van der Waals surface area contributed by atoms with Gasteiger partial charge in [-0.15, -0.1) is 0 Å². The van der Waals surface area contributed by atoms with E-state index in [1.54, 1.807) is 30.3 Å². The molecule has 0 spiro atoms. The zero-order chi connectivity index (χ0) is 22.7. The minimum absolute atomic E-state index is 0.105. The molecule has 1 aromatic heterocycles. The third-order valence-corrected chi connectivity index (χ3v) is 5.28. The summed E-state index contributed by atoms with van der Waals surface area (Å²) in [6, 6.07) is 18.0. The van der Waals surface area contributed by atoms with Gasteiger partial charge < -0.3 is 19.8 Å². The standard InChI is InChI=1S/C26H26N2O4/c1-17-8-6-9-18(14-17)24(29)27-21(15-19-10-7-13-31-19)25(30)28-22-16-26(2,3)32-23-12-5-4-11-20(22)23/h4-15,22H,16H2,1-3H3,(H,27,29)(H,28,30)/b21-15-/t22-/m1/s1. The first-order chi connectivity index (χ1) is 15.3. The molecule has 2 heterocycles. The third kappa shape index (κ3) is 4.91. The molecule has 0 saturated heterocycles. The van der Waals surface area contributed by atoms with Gasteiger partial charge >= 0.3 is 0 Å². The third-order valence-electron chi connectivity index (χ3n) is 5.28. The van der Waals surface area contributed by atoms with Gasteiger partial charge in [-0.2, -0.15) is 0 Å². The van der Waals surface area contributed by atoms with E-state index in [1.165, 1.54) is 12.3 Å². The summed E-state index contributed by atoms with van der Waals surface area (Å²) in [6.07, 6.45) is 3.63. The van der Waals surface area contributed by atoms with Crippen LogP contribution in [0.4, 0.5) is 0 Å². The fourth-order valence-corrected chi connectivity index (χ4v) is 3.82. The summed E-state index contributed by atoms with van der Waals surface area (Å²) in [5, 5.41) is 5.82. The number of carbonyl (C=O) groups excluding carboxylic acids is 2. The molecule has 0 radical (unpaired) electrons. The summed E-state index contributed by atoms with van der Waals surface area (Å²) in [6.45, 7) is 5.88. The Morgan fingerprint density at radius 2 is 1.88 bits per heavy atom. The molecule has 6 heteroatoms. The lowest BCUT2D eigenvalue weighted by Crippen LogP contribution is -2.43. The molecule has 0 bridgehead atoms. The van der Waals surface area contributed by atoms with Crippen LogP contribution in [0.1, 0.15) is 53.6 Å². The van der Waals surface area contributed by atoms with Gasteiger partial charge in [0.2, 0.25) is 0 Å². The number of fused-ring (bicyclic) bond motifs is 1.